The molecule has 1 heterocycles. The van der Waals surface area contributed by atoms with Crippen LogP contribution in [0.1, 0.15) is 38.7 Å². The smallest absolute Gasteiger partial charge is 0.0947 e. The maximum Gasteiger partial charge on any atom is 0.0947 e. The van der Waals surface area contributed by atoms with Crippen LogP contribution >= 0.6 is 0 Å². The molecule has 1 aliphatic rings. The number of furan rings is 1. The van der Waals surface area contributed by atoms with Crippen molar-refractivity contribution in [3.05, 3.63) is 24.2 Å². The predicted molar refractivity (Wildman–Crippen MR) is 57.0 cm³/mol. The molecule has 1 saturated carbocycles. The van der Waals surface area contributed by atoms with Crippen LogP contribution in [0.2, 0.25) is 0 Å². The zero-order chi connectivity index (χ0) is 10.0. The zero-order valence-corrected chi connectivity index (χ0v) is 9.05. The molecule has 2 heteroatoms. The lowest BCUT2D eigenvalue weighted by molar-refractivity contribution is 0.282. The van der Waals surface area contributed by atoms with Gasteiger partial charge >= 0.3 is 0 Å². The highest BCUT2D eigenvalue weighted by Crippen LogP contribution is 2.37. The molecule has 0 amide bonds. The monoisotopic (exact) mass is 193 g/mol. The molecule has 2 nitrogen and oxygen atoms in total. The Morgan fingerprint density at radius 3 is 3.00 bits per heavy atom. The van der Waals surface area contributed by atoms with Crippen molar-refractivity contribution in [1.29, 1.82) is 0 Å². The molecule has 1 atom stereocenters. The van der Waals surface area contributed by atoms with Gasteiger partial charge in [0.2, 0.25) is 0 Å². The van der Waals surface area contributed by atoms with Crippen molar-refractivity contribution < 1.29 is 4.42 Å². The maximum absolute atomic E-state index is 5.04. The molecule has 1 aromatic rings. The third-order valence-electron chi connectivity index (χ3n) is 3.39. The summed E-state index contributed by atoms with van der Waals surface area (Å²) in [6, 6.07) is 2.69. The average molecular weight is 193 g/mol. The van der Waals surface area contributed by atoms with Gasteiger partial charge in [0, 0.05) is 18.2 Å². The lowest BCUT2D eigenvalue weighted by Crippen LogP contribution is -2.37. The molecular formula is C12H19NO. The van der Waals surface area contributed by atoms with Gasteiger partial charge in [-0.15, -0.1) is 0 Å². The van der Waals surface area contributed by atoms with Crippen molar-refractivity contribution in [3.8, 4) is 0 Å². The van der Waals surface area contributed by atoms with E-state index in [0.29, 0.717) is 11.5 Å². The summed E-state index contributed by atoms with van der Waals surface area (Å²) in [5, 5.41) is 3.61. The summed E-state index contributed by atoms with van der Waals surface area (Å²) in [5.41, 5.74) is 1.71. The Bertz CT molecular complexity index is 277. The first-order valence-corrected chi connectivity index (χ1v) is 5.43. The Kier molecular flexibility index (Phi) is 2.64. The molecule has 0 radical (unpaired) electrons. The van der Waals surface area contributed by atoms with Gasteiger partial charge in [-0.05, 0) is 24.3 Å². The van der Waals surface area contributed by atoms with E-state index in [1.54, 1.807) is 6.26 Å². The Balaban J connectivity index is 1.86. The standard InChI is InChI=1S/C12H19NO/c1-12(2)6-3-4-11(12)13-8-10-5-7-14-9-10/h5,7,9,11,13H,3-4,6,8H2,1-2H3. The van der Waals surface area contributed by atoms with Gasteiger partial charge in [-0.1, -0.05) is 20.3 Å². The van der Waals surface area contributed by atoms with Crippen molar-refractivity contribution in [2.75, 3.05) is 0 Å². The van der Waals surface area contributed by atoms with Crippen LogP contribution in [-0.4, -0.2) is 6.04 Å². The fraction of sp³-hybridized carbons (Fsp3) is 0.667. The van der Waals surface area contributed by atoms with Gasteiger partial charge in [0.25, 0.3) is 0 Å². The molecular weight excluding hydrogens is 174 g/mol. The largest absolute Gasteiger partial charge is 0.472 e. The molecule has 2 rings (SSSR count). The zero-order valence-electron chi connectivity index (χ0n) is 9.05. The van der Waals surface area contributed by atoms with Crippen LogP contribution in [0.3, 0.4) is 0 Å². The minimum Gasteiger partial charge on any atom is -0.472 e. The second-order valence-corrected chi connectivity index (χ2v) is 4.95. The van der Waals surface area contributed by atoms with Crippen LogP contribution in [0.5, 0.6) is 0 Å². The topological polar surface area (TPSA) is 25.2 Å². The van der Waals surface area contributed by atoms with Crippen LogP contribution in [0.4, 0.5) is 0 Å². The van der Waals surface area contributed by atoms with Crippen molar-refractivity contribution in [2.24, 2.45) is 5.41 Å². The minimum absolute atomic E-state index is 0.462. The van der Waals surface area contributed by atoms with Gasteiger partial charge < -0.3 is 9.73 Å². The highest BCUT2D eigenvalue weighted by Gasteiger charge is 2.33. The van der Waals surface area contributed by atoms with Gasteiger partial charge in [-0.25, -0.2) is 0 Å². The van der Waals surface area contributed by atoms with Crippen molar-refractivity contribution in [3.63, 3.8) is 0 Å². The molecule has 1 aromatic heterocycles. The van der Waals surface area contributed by atoms with Gasteiger partial charge in [0.1, 0.15) is 0 Å². The lowest BCUT2D eigenvalue weighted by Gasteiger charge is -2.27. The fourth-order valence-corrected chi connectivity index (χ4v) is 2.34. The summed E-state index contributed by atoms with van der Waals surface area (Å²) in [5.74, 6) is 0. The van der Waals surface area contributed by atoms with Crippen molar-refractivity contribution in [2.45, 2.75) is 45.7 Å². The summed E-state index contributed by atoms with van der Waals surface area (Å²) in [4.78, 5) is 0. The quantitative estimate of drug-likeness (QED) is 0.798. The molecule has 1 aliphatic carbocycles. The molecule has 78 valence electrons. The van der Waals surface area contributed by atoms with Crippen LogP contribution in [0.15, 0.2) is 23.0 Å². The lowest BCUT2D eigenvalue weighted by atomic mass is 9.87. The van der Waals surface area contributed by atoms with Gasteiger partial charge in [0.15, 0.2) is 0 Å². The molecule has 0 spiro atoms. The number of hydrogen-bond acceptors (Lipinski definition) is 2. The second kappa shape index (κ2) is 3.77. The Hall–Kier alpha value is -0.760. The summed E-state index contributed by atoms with van der Waals surface area (Å²) in [6.45, 7) is 5.64. The average Bonchev–Trinajstić information content (AvgIpc) is 2.71. The van der Waals surface area contributed by atoms with Crippen LogP contribution in [0.25, 0.3) is 0 Å². The van der Waals surface area contributed by atoms with E-state index < -0.39 is 0 Å². The molecule has 0 aromatic carbocycles. The minimum atomic E-state index is 0.462. The highest BCUT2D eigenvalue weighted by atomic mass is 16.3. The summed E-state index contributed by atoms with van der Waals surface area (Å²) >= 11 is 0. The fourth-order valence-electron chi connectivity index (χ4n) is 2.34. The highest BCUT2D eigenvalue weighted by molar-refractivity contribution is 5.05. The first-order chi connectivity index (χ1) is 6.68. The first-order valence-electron chi connectivity index (χ1n) is 5.43. The van der Waals surface area contributed by atoms with E-state index in [-0.39, 0.29) is 0 Å². The SMILES string of the molecule is CC1(C)CCCC1NCc1ccoc1. The third-order valence-corrected chi connectivity index (χ3v) is 3.39. The molecule has 14 heavy (non-hydrogen) atoms. The van der Waals surface area contributed by atoms with E-state index in [0.717, 1.165) is 6.54 Å². The van der Waals surface area contributed by atoms with E-state index in [1.165, 1.54) is 24.8 Å². The van der Waals surface area contributed by atoms with Gasteiger partial charge in [-0.2, -0.15) is 0 Å². The molecule has 0 aliphatic heterocycles. The molecule has 1 fully saturated rings. The van der Waals surface area contributed by atoms with E-state index >= 15 is 0 Å². The molecule has 0 saturated heterocycles. The van der Waals surface area contributed by atoms with Crippen molar-refractivity contribution in [1.82, 2.24) is 5.32 Å². The normalized spacial score (nSPS) is 25.4. The van der Waals surface area contributed by atoms with E-state index in [2.05, 4.69) is 19.2 Å². The van der Waals surface area contributed by atoms with E-state index in [1.807, 2.05) is 12.3 Å². The summed E-state index contributed by atoms with van der Waals surface area (Å²) in [7, 11) is 0. The Morgan fingerprint density at radius 2 is 2.43 bits per heavy atom. The van der Waals surface area contributed by atoms with Crippen LogP contribution in [0, 0.1) is 5.41 Å². The van der Waals surface area contributed by atoms with Crippen LogP contribution < -0.4 is 5.32 Å². The Morgan fingerprint density at radius 1 is 1.57 bits per heavy atom. The summed E-state index contributed by atoms with van der Waals surface area (Å²) < 4.78 is 5.04. The second-order valence-electron chi connectivity index (χ2n) is 4.95. The number of hydrogen-bond donors (Lipinski definition) is 1. The first kappa shape index (κ1) is 9.78. The van der Waals surface area contributed by atoms with Gasteiger partial charge in [-0.3, -0.25) is 0 Å². The number of nitrogens with one attached hydrogen (secondary N) is 1. The third kappa shape index (κ3) is 2.01. The Labute approximate surface area is 85.7 Å². The molecule has 1 N–H and O–H groups in total. The maximum atomic E-state index is 5.04. The van der Waals surface area contributed by atoms with Gasteiger partial charge in [0.05, 0.1) is 12.5 Å². The molecule has 1 unspecified atom stereocenters. The van der Waals surface area contributed by atoms with Crippen molar-refractivity contribution >= 4 is 0 Å². The number of rotatable bonds is 3. The van der Waals surface area contributed by atoms with E-state index in [9.17, 15) is 0 Å². The molecule has 0 bridgehead atoms. The predicted octanol–water partition coefficient (Wildman–Crippen LogP) is 2.95. The summed E-state index contributed by atoms with van der Waals surface area (Å²) in [6.07, 6.45) is 7.56. The van der Waals surface area contributed by atoms with E-state index in [4.69, 9.17) is 4.42 Å². The van der Waals surface area contributed by atoms with Crippen LogP contribution in [-0.2, 0) is 6.54 Å².